The second-order valence-electron chi connectivity index (χ2n) is 5.93. The fourth-order valence-corrected chi connectivity index (χ4v) is 3.76. The van der Waals surface area contributed by atoms with Crippen LogP contribution in [0.5, 0.6) is 0 Å². The van der Waals surface area contributed by atoms with Gasteiger partial charge in [-0.3, -0.25) is 4.84 Å². The van der Waals surface area contributed by atoms with E-state index in [9.17, 15) is 4.39 Å². The van der Waals surface area contributed by atoms with Crippen LogP contribution in [-0.4, -0.2) is 5.72 Å². The van der Waals surface area contributed by atoms with Gasteiger partial charge in [-0.1, -0.05) is 5.59 Å². The van der Waals surface area contributed by atoms with Crippen molar-refractivity contribution in [2.75, 3.05) is 5.12 Å². The average molecular weight is 263 g/mol. The first-order valence-corrected chi connectivity index (χ1v) is 7.02. The van der Waals surface area contributed by atoms with Crippen molar-refractivity contribution >= 4 is 5.69 Å². The van der Waals surface area contributed by atoms with Gasteiger partial charge >= 0.3 is 0 Å². The van der Waals surface area contributed by atoms with Crippen LogP contribution in [0.2, 0.25) is 0 Å². The number of benzene rings is 1. The van der Waals surface area contributed by atoms with Gasteiger partial charge in [-0.15, -0.1) is 0 Å². The minimum Gasteiger partial charge on any atom is -0.257 e. The number of rotatable bonds is 1. The van der Waals surface area contributed by atoms with Gasteiger partial charge in [0.05, 0.1) is 5.69 Å². The summed E-state index contributed by atoms with van der Waals surface area (Å²) >= 11 is 0. The van der Waals surface area contributed by atoms with Crippen LogP contribution in [0.25, 0.3) is 0 Å². The van der Waals surface area contributed by atoms with E-state index in [-0.39, 0.29) is 11.5 Å². The minimum absolute atomic E-state index is 0.227. The monoisotopic (exact) mass is 263 g/mol. The predicted molar refractivity (Wildman–Crippen MR) is 69.0 cm³/mol. The molecule has 2 N–H and O–H groups in total. The van der Waals surface area contributed by atoms with E-state index in [1.54, 1.807) is 17.3 Å². The molecule has 1 spiro atoms. The van der Waals surface area contributed by atoms with Crippen LogP contribution in [-0.2, 0) is 4.84 Å². The molecule has 1 heterocycles. The normalized spacial score (nSPS) is 37.2. The first-order chi connectivity index (χ1) is 9.25. The lowest BCUT2D eigenvalue weighted by Gasteiger charge is -2.47. The summed E-state index contributed by atoms with van der Waals surface area (Å²) < 4.78 is 13.0. The fourth-order valence-electron chi connectivity index (χ4n) is 3.76. The highest BCUT2D eigenvalue weighted by Gasteiger charge is 2.53. The number of halogens is 1. The molecule has 2 bridgehead atoms. The molecule has 102 valence electrons. The Labute approximate surface area is 111 Å². The molecule has 1 saturated heterocycles. The smallest absolute Gasteiger partial charge is 0.163 e. The molecular formula is C14H18FN3O. The largest absolute Gasteiger partial charge is 0.257 e. The zero-order valence-electron chi connectivity index (χ0n) is 10.7. The Morgan fingerprint density at radius 3 is 2.53 bits per heavy atom. The Hall–Kier alpha value is -1.17. The maximum Gasteiger partial charge on any atom is 0.163 e. The number of nitrogens with one attached hydrogen (secondary N) is 2. The molecule has 0 unspecified atom stereocenters. The molecule has 5 rings (SSSR count). The summed E-state index contributed by atoms with van der Waals surface area (Å²) in [7, 11) is 0. The molecule has 3 saturated carbocycles. The van der Waals surface area contributed by atoms with Crippen LogP contribution in [0.1, 0.15) is 32.1 Å². The van der Waals surface area contributed by atoms with Gasteiger partial charge in [-0.25, -0.2) is 9.51 Å². The number of hydrogen-bond acceptors (Lipinski definition) is 4. The summed E-state index contributed by atoms with van der Waals surface area (Å²) in [4.78, 5) is 5.88. The number of anilines is 1. The van der Waals surface area contributed by atoms with E-state index >= 15 is 0 Å². The first-order valence-electron chi connectivity index (χ1n) is 7.02. The van der Waals surface area contributed by atoms with Crippen molar-refractivity contribution in [3.8, 4) is 0 Å². The maximum atomic E-state index is 13.0. The third-order valence-electron chi connectivity index (χ3n) is 4.80. The zero-order valence-corrected chi connectivity index (χ0v) is 10.7. The molecule has 1 aromatic rings. The topological polar surface area (TPSA) is 36.5 Å². The van der Waals surface area contributed by atoms with Gasteiger partial charge < -0.3 is 0 Å². The molecule has 3 aliphatic carbocycles. The molecular weight excluding hydrogens is 245 g/mol. The van der Waals surface area contributed by atoms with Crippen LogP contribution in [0.4, 0.5) is 10.1 Å². The standard InChI is InChI=1S/C14H18FN3O/c15-12-5-7-13(8-6-12)18-16-14(19-17-18)9-10-1-3-11(14)4-2-10/h5-8,10-11,16-17H,1-4,9H2/t10?,11?,14-/m1/s1. The molecule has 0 aromatic heterocycles. The van der Waals surface area contributed by atoms with E-state index in [0.717, 1.165) is 18.0 Å². The lowest BCUT2D eigenvalue weighted by molar-refractivity contribution is -0.153. The van der Waals surface area contributed by atoms with E-state index < -0.39 is 0 Å². The van der Waals surface area contributed by atoms with Crippen LogP contribution >= 0.6 is 0 Å². The van der Waals surface area contributed by atoms with Gasteiger partial charge in [-0.2, -0.15) is 5.43 Å². The summed E-state index contributed by atoms with van der Waals surface area (Å²) in [6.45, 7) is 0. The van der Waals surface area contributed by atoms with Crippen LogP contribution in [0, 0.1) is 17.7 Å². The molecule has 1 atom stereocenters. The summed E-state index contributed by atoms with van der Waals surface area (Å²) in [5.41, 5.74) is 6.98. The Bertz CT molecular complexity index is 472. The van der Waals surface area contributed by atoms with Gasteiger partial charge in [0, 0.05) is 5.92 Å². The van der Waals surface area contributed by atoms with Crippen molar-refractivity contribution in [2.24, 2.45) is 11.8 Å². The Morgan fingerprint density at radius 2 is 1.89 bits per heavy atom. The van der Waals surface area contributed by atoms with Crippen molar-refractivity contribution in [3.63, 3.8) is 0 Å². The fraction of sp³-hybridized carbons (Fsp3) is 0.571. The lowest BCUT2D eigenvalue weighted by atomic mass is 9.66. The van der Waals surface area contributed by atoms with Crippen LogP contribution in [0.3, 0.4) is 0 Å². The molecule has 19 heavy (non-hydrogen) atoms. The van der Waals surface area contributed by atoms with Gasteiger partial charge in [0.2, 0.25) is 0 Å². The molecule has 1 aliphatic heterocycles. The highest BCUT2D eigenvalue weighted by Crippen LogP contribution is 2.48. The highest BCUT2D eigenvalue weighted by atomic mass is 19.1. The Balaban J connectivity index is 1.55. The summed E-state index contributed by atoms with van der Waals surface area (Å²) in [6.07, 6.45) is 6.18. The maximum absolute atomic E-state index is 13.0. The second kappa shape index (κ2) is 4.16. The molecule has 4 nitrogen and oxygen atoms in total. The molecule has 4 aliphatic rings. The predicted octanol–water partition coefficient (Wildman–Crippen LogP) is 2.49. The third-order valence-corrected chi connectivity index (χ3v) is 4.80. The molecule has 0 radical (unpaired) electrons. The van der Waals surface area contributed by atoms with Gasteiger partial charge in [-0.05, 0) is 62.3 Å². The van der Waals surface area contributed by atoms with E-state index in [2.05, 4.69) is 11.0 Å². The van der Waals surface area contributed by atoms with Crippen LogP contribution in [0.15, 0.2) is 24.3 Å². The number of hydrogen-bond donors (Lipinski definition) is 2. The van der Waals surface area contributed by atoms with Crippen molar-refractivity contribution in [3.05, 3.63) is 30.1 Å². The number of nitrogens with zero attached hydrogens (tertiary/aromatic N) is 1. The Morgan fingerprint density at radius 1 is 1.16 bits per heavy atom. The third kappa shape index (κ3) is 1.84. The number of fused-ring (bicyclic) bond motifs is 2. The summed E-state index contributed by atoms with van der Waals surface area (Å²) in [5.74, 6) is 1.11. The highest BCUT2D eigenvalue weighted by molar-refractivity contribution is 5.44. The molecule has 4 fully saturated rings. The van der Waals surface area contributed by atoms with E-state index in [1.807, 2.05) is 0 Å². The second-order valence-corrected chi connectivity index (χ2v) is 5.93. The number of hydrazine groups is 2. The van der Waals surface area contributed by atoms with Crippen LogP contribution < -0.4 is 16.1 Å². The SMILES string of the molecule is Fc1ccc(N2NO[C@@]3(CC4CCC3CC4)N2)cc1. The van der Waals surface area contributed by atoms with Gasteiger partial charge in [0.25, 0.3) is 0 Å². The van der Waals surface area contributed by atoms with E-state index in [4.69, 9.17) is 4.84 Å². The average Bonchev–Trinajstić information content (AvgIpc) is 2.85. The van der Waals surface area contributed by atoms with Gasteiger partial charge in [0.1, 0.15) is 5.82 Å². The molecule has 1 aromatic carbocycles. The zero-order chi connectivity index (χ0) is 12.9. The van der Waals surface area contributed by atoms with Crippen molar-refractivity contribution < 1.29 is 9.23 Å². The summed E-state index contributed by atoms with van der Waals surface area (Å²) in [6, 6.07) is 6.38. The van der Waals surface area contributed by atoms with E-state index in [1.165, 1.54) is 37.8 Å². The van der Waals surface area contributed by atoms with Crippen molar-refractivity contribution in [2.45, 2.75) is 37.8 Å². The van der Waals surface area contributed by atoms with Gasteiger partial charge in [0.15, 0.2) is 5.72 Å². The Kier molecular flexibility index (Phi) is 2.55. The van der Waals surface area contributed by atoms with E-state index in [0.29, 0.717) is 5.92 Å². The first kappa shape index (κ1) is 11.6. The lowest BCUT2D eigenvalue weighted by Crippen LogP contribution is -2.57. The summed E-state index contributed by atoms with van der Waals surface area (Å²) in [5, 5.41) is 1.76. The van der Waals surface area contributed by atoms with Crippen molar-refractivity contribution in [1.29, 1.82) is 0 Å². The quantitative estimate of drug-likeness (QED) is 0.816. The van der Waals surface area contributed by atoms with Crippen molar-refractivity contribution in [1.82, 2.24) is 11.0 Å². The minimum atomic E-state index is -0.268. The molecule has 5 heteroatoms. The molecule has 0 amide bonds.